The summed E-state index contributed by atoms with van der Waals surface area (Å²) in [5, 5.41) is 21.8. The zero-order valence-electron chi connectivity index (χ0n) is 13.6. The van der Waals surface area contributed by atoms with Gasteiger partial charge in [-0.25, -0.2) is 9.78 Å². The fourth-order valence-electron chi connectivity index (χ4n) is 2.49. The van der Waals surface area contributed by atoms with E-state index < -0.39 is 5.63 Å². The highest BCUT2D eigenvalue weighted by Crippen LogP contribution is 2.27. The Morgan fingerprint density at radius 2 is 2.12 bits per heavy atom. The molecule has 0 aliphatic heterocycles. The first kappa shape index (κ1) is 16.8. The van der Waals surface area contributed by atoms with Crippen LogP contribution in [0.4, 0.5) is 0 Å². The second kappa shape index (κ2) is 6.93. The predicted molar refractivity (Wildman–Crippen MR) is 97.7 cm³/mol. The first-order chi connectivity index (χ1) is 12.6. The molecule has 4 rings (SSSR count). The van der Waals surface area contributed by atoms with Gasteiger partial charge in [-0.05, 0) is 24.6 Å². The van der Waals surface area contributed by atoms with Gasteiger partial charge >= 0.3 is 5.63 Å². The third-order valence-corrected chi connectivity index (χ3v) is 5.30. The van der Waals surface area contributed by atoms with E-state index in [0.717, 1.165) is 21.7 Å². The summed E-state index contributed by atoms with van der Waals surface area (Å²) in [5.74, 6) is 1.01. The molecule has 0 amide bonds. The third kappa shape index (κ3) is 3.63. The molecule has 3 aromatic heterocycles. The van der Waals surface area contributed by atoms with Gasteiger partial charge in [0.2, 0.25) is 5.89 Å². The number of phenols is 1. The van der Waals surface area contributed by atoms with E-state index in [1.165, 1.54) is 23.9 Å². The average Bonchev–Trinajstić information content (AvgIpc) is 3.21. The molecule has 26 heavy (non-hydrogen) atoms. The van der Waals surface area contributed by atoms with Gasteiger partial charge in [0.05, 0.1) is 17.1 Å². The number of aromatic hydroxyl groups is 1. The summed E-state index contributed by atoms with van der Waals surface area (Å²) < 4.78 is 10.8. The Morgan fingerprint density at radius 3 is 2.92 bits per heavy atom. The van der Waals surface area contributed by atoms with E-state index in [1.807, 2.05) is 12.3 Å². The van der Waals surface area contributed by atoms with Gasteiger partial charge in [-0.3, -0.25) is 0 Å². The average molecular weight is 387 g/mol. The molecule has 132 valence electrons. The van der Waals surface area contributed by atoms with Crippen LogP contribution in [-0.4, -0.2) is 20.3 Å². The van der Waals surface area contributed by atoms with Gasteiger partial charge in [0.15, 0.2) is 0 Å². The van der Waals surface area contributed by atoms with Crippen molar-refractivity contribution >= 4 is 34.1 Å². The molecule has 4 aromatic rings. The van der Waals surface area contributed by atoms with Crippen LogP contribution in [0.2, 0.25) is 0 Å². The second-order valence-corrected chi connectivity index (χ2v) is 7.54. The summed E-state index contributed by atoms with van der Waals surface area (Å²) in [6, 6.07) is 6.12. The molecule has 7 nitrogen and oxygen atoms in total. The number of hydrogen-bond donors (Lipinski definition) is 1. The topological polar surface area (TPSA) is 102 Å². The van der Waals surface area contributed by atoms with Gasteiger partial charge < -0.3 is 13.9 Å². The zero-order chi connectivity index (χ0) is 18.1. The molecule has 3 heterocycles. The van der Waals surface area contributed by atoms with E-state index in [9.17, 15) is 9.90 Å². The Morgan fingerprint density at radius 1 is 1.23 bits per heavy atom. The lowest BCUT2D eigenvalue weighted by molar-refractivity contribution is 0.419. The number of fused-ring (bicyclic) bond motifs is 1. The number of nitrogens with zero attached hydrogens (tertiary/aromatic N) is 3. The van der Waals surface area contributed by atoms with Crippen molar-refractivity contribution in [3.63, 3.8) is 0 Å². The highest BCUT2D eigenvalue weighted by Gasteiger charge is 2.12. The first-order valence-electron chi connectivity index (χ1n) is 7.69. The van der Waals surface area contributed by atoms with E-state index in [2.05, 4.69) is 15.2 Å². The molecule has 0 fully saturated rings. The van der Waals surface area contributed by atoms with E-state index in [0.29, 0.717) is 28.9 Å². The van der Waals surface area contributed by atoms with Crippen LogP contribution in [0.25, 0.3) is 11.0 Å². The SMILES string of the molecule is Cc1nc(Cc2nnc(SCc3cc(=O)oc4cc(O)ccc34)o2)cs1. The van der Waals surface area contributed by atoms with Crippen LogP contribution in [0, 0.1) is 6.92 Å². The minimum absolute atomic E-state index is 0.0456. The molecule has 9 heteroatoms. The van der Waals surface area contributed by atoms with Crippen molar-refractivity contribution < 1.29 is 13.9 Å². The smallest absolute Gasteiger partial charge is 0.336 e. The Hall–Kier alpha value is -2.65. The highest BCUT2D eigenvalue weighted by atomic mass is 32.2. The summed E-state index contributed by atoms with van der Waals surface area (Å²) in [7, 11) is 0. The second-order valence-electron chi connectivity index (χ2n) is 5.56. The van der Waals surface area contributed by atoms with Crippen molar-refractivity contribution in [1.29, 1.82) is 0 Å². The molecular weight excluding hydrogens is 374 g/mol. The zero-order valence-corrected chi connectivity index (χ0v) is 15.3. The van der Waals surface area contributed by atoms with Gasteiger partial charge in [0, 0.05) is 28.7 Å². The maximum Gasteiger partial charge on any atom is 0.336 e. The minimum Gasteiger partial charge on any atom is -0.508 e. The first-order valence-corrected chi connectivity index (χ1v) is 9.55. The molecule has 0 unspecified atom stereocenters. The molecule has 0 bridgehead atoms. The fourth-order valence-corrected chi connectivity index (χ4v) is 3.87. The number of rotatable bonds is 5. The van der Waals surface area contributed by atoms with Gasteiger partial charge in [0.25, 0.3) is 5.22 Å². The third-order valence-electron chi connectivity index (χ3n) is 3.61. The Balaban J connectivity index is 1.51. The lowest BCUT2D eigenvalue weighted by Gasteiger charge is -2.04. The van der Waals surface area contributed by atoms with Crippen molar-refractivity contribution in [2.45, 2.75) is 24.3 Å². The quantitative estimate of drug-likeness (QED) is 0.410. The van der Waals surface area contributed by atoms with Gasteiger partial charge in [-0.1, -0.05) is 11.8 Å². The number of thiazole rings is 1. The van der Waals surface area contributed by atoms with Crippen LogP contribution in [0.5, 0.6) is 5.75 Å². The van der Waals surface area contributed by atoms with Gasteiger partial charge in [-0.15, -0.1) is 21.5 Å². The molecule has 1 N–H and O–H groups in total. The van der Waals surface area contributed by atoms with Crippen LogP contribution >= 0.6 is 23.1 Å². The van der Waals surface area contributed by atoms with Gasteiger partial charge in [-0.2, -0.15) is 0 Å². The van der Waals surface area contributed by atoms with Crippen LogP contribution in [0.15, 0.2) is 48.5 Å². The number of aromatic nitrogens is 3. The largest absolute Gasteiger partial charge is 0.508 e. The monoisotopic (exact) mass is 387 g/mol. The van der Waals surface area contributed by atoms with E-state index in [1.54, 1.807) is 23.5 Å². The van der Waals surface area contributed by atoms with Crippen LogP contribution in [0.3, 0.4) is 0 Å². The van der Waals surface area contributed by atoms with Crippen LogP contribution < -0.4 is 5.63 Å². The lowest BCUT2D eigenvalue weighted by atomic mass is 10.1. The number of hydrogen-bond acceptors (Lipinski definition) is 9. The van der Waals surface area contributed by atoms with E-state index >= 15 is 0 Å². The maximum atomic E-state index is 11.7. The molecule has 0 aliphatic rings. The molecular formula is C17H13N3O4S2. The lowest BCUT2D eigenvalue weighted by Crippen LogP contribution is -1.99. The summed E-state index contributed by atoms with van der Waals surface area (Å²) in [4.78, 5) is 16.1. The number of benzene rings is 1. The minimum atomic E-state index is -0.469. The summed E-state index contributed by atoms with van der Waals surface area (Å²) in [5.41, 5.74) is 1.55. The van der Waals surface area contributed by atoms with Crippen LogP contribution in [0.1, 0.15) is 22.2 Å². The fraction of sp³-hybridized carbons (Fsp3) is 0.176. The molecule has 0 spiro atoms. The van der Waals surface area contributed by atoms with Crippen molar-refractivity contribution in [3.8, 4) is 5.75 Å². The van der Waals surface area contributed by atoms with E-state index in [-0.39, 0.29) is 5.75 Å². The number of aryl methyl sites for hydroxylation is 1. The van der Waals surface area contributed by atoms with Crippen molar-refractivity contribution in [3.05, 3.63) is 62.2 Å². The Bertz CT molecular complexity index is 1130. The molecule has 0 radical (unpaired) electrons. The number of thioether (sulfide) groups is 1. The molecule has 0 aliphatic carbocycles. The van der Waals surface area contributed by atoms with Gasteiger partial charge in [0.1, 0.15) is 11.3 Å². The van der Waals surface area contributed by atoms with Crippen LogP contribution in [-0.2, 0) is 12.2 Å². The number of phenolic OH excluding ortho intramolecular Hbond substituents is 1. The Labute approximate surface area is 155 Å². The van der Waals surface area contributed by atoms with Crippen molar-refractivity contribution in [2.24, 2.45) is 0 Å². The van der Waals surface area contributed by atoms with E-state index in [4.69, 9.17) is 8.83 Å². The molecule has 0 atom stereocenters. The normalized spacial score (nSPS) is 11.3. The molecule has 0 saturated carbocycles. The Kier molecular flexibility index (Phi) is 4.48. The van der Waals surface area contributed by atoms with Crippen molar-refractivity contribution in [2.75, 3.05) is 0 Å². The summed E-state index contributed by atoms with van der Waals surface area (Å²) in [6.07, 6.45) is 0.495. The molecule has 1 aromatic carbocycles. The predicted octanol–water partition coefficient (Wildman–Crippen LogP) is 3.53. The summed E-state index contributed by atoms with van der Waals surface area (Å²) in [6.45, 7) is 1.95. The highest BCUT2D eigenvalue weighted by molar-refractivity contribution is 7.98. The van der Waals surface area contributed by atoms with Crippen molar-refractivity contribution in [1.82, 2.24) is 15.2 Å². The molecule has 0 saturated heterocycles. The standard InChI is InChI=1S/C17H13N3O4S2/c1-9-18-11(8-25-9)5-15-19-20-17(24-15)26-7-10-4-16(22)23-14-6-12(21)2-3-13(10)14/h2-4,6,8,21H,5,7H2,1H3. The maximum absolute atomic E-state index is 11.7. The summed E-state index contributed by atoms with van der Waals surface area (Å²) >= 11 is 2.92.